The van der Waals surface area contributed by atoms with Gasteiger partial charge in [-0.2, -0.15) is 0 Å². The molecule has 0 unspecified atom stereocenters. The molecule has 2 aliphatic rings. The van der Waals surface area contributed by atoms with Crippen LogP contribution in [0.3, 0.4) is 0 Å². The van der Waals surface area contributed by atoms with E-state index >= 15 is 4.39 Å². The van der Waals surface area contributed by atoms with E-state index in [2.05, 4.69) is 10.2 Å². The maximum absolute atomic E-state index is 16.0. The standard InChI is InChI=1S/C34H34ClFN6O5/c1-19(43)41-13-15-42(16-14-41)27-12-11-20-17-26(38-32(47-4)28(20)27)23-9-5-7-21(29(23)35)22-8-6-10-25(30(22)36)37-31(44)24-18-39(2)34(46)40(3)33(24)45/h5-10,17-18,27H,11-16H2,1-4H3,(H,37,44)/t27-/m0/s1. The van der Waals surface area contributed by atoms with Crippen molar-refractivity contribution >= 4 is 29.1 Å². The van der Waals surface area contributed by atoms with Gasteiger partial charge in [0.05, 0.1) is 23.5 Å². The summed E-state index contributed by atoms with van der Waals surface area (Å²) in [4.78, 5) is 58.5. The second-order valence-corrected chi connectivity index (χ2v) is 12.2. The largest absolute Gasteiger partial charge is 0.481 e. The van der Waals surface area contributed by atoms with Gasteiger partial charge in [-0.05, 0) is 30.5 Å². The Hall–Kier alpha value is -4.81. The molecule has 1 aliphatic carbocycles. The number of amides is 2. The van der Waals surface area contributed by atoms with Crippen molar-refractivity contribution in [1.82, 2.24) is 23.9 Å². The number of hydrogen-bond acceptors (Lipinski definition) is 7. The fourth-order valence-electron chi connectivity index (χ4n) is 6.52. The van der Waals surface area contributed by atoms with E-state index in [1.54, 1.807) is 38.3 Å². The molecule has 1 aliphatic heterocycles. The third-order valence-corrected chi connectivity index (χ3v) is 9.43. The van der Waals surface area contributed by atoms with Crippen LogP contribution in [0.1, 0.15) is 40.9 Å². The Balaban J connectivity index is 1.31. The summed E-state index contributed by atoms with van der Waals surface area (Å²) in [5, 5.41) is 2.73. The summed E-state index contributed by atoms with van der Waals surface area (Å²) in [6, 6.07) is 11.9. The van der Waals surface area contributed by atoms with Gasteiger partial charge < -0.3 is 19.5 Å². The number of rotatable bonds is 6. The van der Waals surface area contributed by atoms with Crippen LogP contribution < -0.4 is 21.3 Å². The molecule has 0 saturated carbocycles. The third-order valence-electron chi connectivity index (χ3n) is 9.03. The number of aromatic nitrogens is 3. The van der Waals surface area contributed by atoms with Crippen LogP contribution >= 0.6 is 11.6 Å². The molecule has 1 fully saturated rings. The summed E-state index contributed by atoms with van der Waals surface area (Å²) in [5.74, 6) is -1.00. The molecule has 1 atom stereocenters. The van der Waals surface area contributed by atoms with Crippen LogP contribution in [0.15, 0.2) is 58.3 Å². The van der Waals surface area contributed by atoms with Gasteiger partial charge in [0.2, 0.25) is 11.8 Å². The molecule has 0 radical (unpaired) electrons. The molecule has 0 bridgehead atoms. The number of ether oxygens (including phenoxy) is 1. The smallest absolute Gasteiger partial charge is 0.330 e. The number of nitrogens with zero attached hydrogens (tertiary/aromatic N) is 5. The van der Waals surface area contributed by atoms with Crippen LogP contribution in [0.5, 0.6) is 5.88 Å². The van der Waals surface area contributed by atoms with Gasteiger partial charge in [0.25, 0.3) is 11.5 Å². The van der Waals surface area contributed by atoms with Crippen LogP contribution in [0, 0.1) is 5.82 Å². The van der Waals surface area contributed by atoms with Crippen molar-refractivity contribution in [2.24, 2.45) is 14.1 Å². The Morgan fingerprint density at radius 1 is 1.02 bits per heavy atom. The first-order valence-corrected chi connectivity index (χ1v) is 15.6. The molecule has 1 saturated heterocycles. The Bertz CT molecular complexity index is 2030. The zero-order valence-corrected chi connectivity index (χ0v) is 27.2. The minimum atomic E-state index is -0.856. The number of piperazine rings is 1. The Labute approximate surface area is 275 Å². The van der Waals surface area contributed by atoms with E-state index in [1.807, 2.05) is 17.0 Å². The van der Waals surface area contributed by atoms with Crippen molar-refractivity contribution in [1.29, 1.82) is 0 Å². The van der Waals surface area contributed by atoms with Gasteiger partial charge in [-0.1, -0.05) is 41.9 Å². The van der Waals surface area contributed by atoms with E-state index in [9.17, 15) is 19.2 Å². The van der Waals surface area contributed by atoms with Gasteiger partial charge in [-0.3, -0.25) is 23.9 Å². The average Bonchev–Trinajstić information content (AvgIpc) is 3.50. The molecule has 1 N–H and O–H groups in total. The number of carbonyl (C=O) groups is 2. The SMILES string of the molecule is COc1nc(-c2cccc(-c3cccc(NC(=O)c4cn(C)c(=O)n(C)c4=O)c3F)c2Cl)cc2c1[C@@H](N1CCN(C(C)=O)CC1)CC2. The normalized spacial score (nSPS) is 16.2. The number of benzene rings is 2. The van der Waals surface area contributed by atoms with Crippen molar-refractivity contribution in [3.05, 3.63) is 97.0 Å². The summed E-state index contributed by atoms with van der Waals surface area (Å²) in [6.45, 7) is 4.51. The maximum Gasteiger partial charge on any atom is 0.330 e. The average molecular weight is 661 g/mol. The van der Waals surface area contributed by atoms with E-state index in [4.69, 9.17) is 21.3 Å². The van der Waals surface area contributed by atoms with Crippen LogP contribution in [0.2, 0.25) is 5.02 Å². The molecular weight excluding hydrogens is 627 g/mol. The van der Waals surface area contributed by atoms with Gasteiger partial charge in [0, 0.05) is 81.7 Å². The van der Waals surface area contributed by atoms with Crippen molar-refractivity contribution < 1.29 is 18.7 Å². The molecule has 2 aromatic carbocycles. The van der Waals surface area contributed by atoms with E-state index in [1.165, 1.54) is 20.2 Å². The lowest BCUT2D eigenvalue weighted by molar-refractivity contribution is -0.130. The number of nitrogens with one attached hydrogen (secondary N) is 1. The first-order chi connectivity index (χ1) is 22.5. The molecule has 13 heteroatoms. The summed E-state index contributed by atoms with van der Waals surface area (Å²) in [6.07, 6.45) is 2.85. The minimum Gasteiger partial charge on any atom is -0.481 e. The van der Waals surface area contributed by atoms with Gasteiger partial charge in [0.15, 0.2) is 5.82 Å². The molecule has 2 amide bonds. The predicted octanol–water partition coefficient (Wildman–Crippen LogP) is 4.02. The maximum atomic E-state index is 16.0. The quantitative estimate of drug-likeness (QED) is 0.332. The first kappa shape index (κ1) is 32.1. The number of hydrogen-bond donors (Lipinski definition) is 1. The number of methoxy groups -OCH3 is 1. The molecular formula is C34H34ClFN6O5. The van der Waals surface area contributed by atoms with Crippen LogP contribution in [-0.2, 0) is 25.3 Å². The highest BCUT2D eigenvalue weighted by molar-refractivity contribution is 6.36. The fraction of sp³-hybridized carbons (Fsp3) is 0.324. The van der Waals surface area contributed by atoms with Crippen LogP contribution in [0.4, 0.5) is 10.1 Å². The van der Waals surface area contributed by atoms with Crippen molar-refractivity contribution in [2.45, 2.75) is 25.8 Å². The van der Waals surface area contributed by atoms with Gasteiger partial charge >= 0.3 is 5.69 Å². The summed E-state index contributed by atoms with van der Waals surface area (Å²) in [5.41, 5.74) is 2.01. The highest BCUT2D eigenvalue weighted by Crippen LogP contribution is 2.44. The molecule has 47 heavy (non-hydrogen) atoms. The zero-order valence-electron chi connectivity index (χ0n) is 26.5. The summed E-state index contributed by atoms with van der Waals surface area (Å²) >= 11 is 6.96. The second-order valence-electron chi connectivity index (χ2n) is 11.8. The van der Waals surface area contributed by atoms with Gasteiger partial charge in [0.1, 0.15) is 5.56 Å². The molecule has 2 aromatic heterocycles. The third kappa shape index (κ3) is 5.83. The van der Waals surface area contributed by atoms with E-state index in [0.29, 0.717) is 35.8 Å². The lowest BCUT2D eigenvalue weighted by Gasteiger charge is -2.38. The molecule has 4 aromatic rings. The molecule has 0 spiro atoms. The number of anilines is 1. The molecule has 3 heterocycles. The van der Waals surface area contributed by atoms with Crippen molar-refractivity contribution in [3.63, 3.8) is 0 Å². The van der Waals surface area contributed by atoms with Crippen molar-refractivity contribution in [2.75, 3.05) is 38.6 Å². The monoisotopic (exact) mass is 660 g/mol. The van der Waals surface area contributed by atoms with E-state index in [-0.39, 0.29) is 33.8 Å². The second kappa shape index (κ2) is 12.8. The lowest BCUT2D eigenvalue weighted by Crippen LogP contribution is -2.48. The van der Waals surface area contributed by atoms with E-state index < -0.39 is 23.0 Å². The molecule has 244 valence electrons. The lowest BCUT2D eigenvalue weighted by atomic mass is 9.98. The predicted molar refractivity (Wildman–Crippen MR) is 176 cm³/mol. The summed E-state index contributed by atoms with van der Waals surface area (Å²) in [7, 11) is 4.27. The van der Waals surface area contributed by atoms with E-state index in [0.717, 1.165) is 52.4 Å². The number of halogens is 2. The van der Waals surface area contributed by atoms with Gasteiger partial charge in [-0.25, -0.2) is 14.2 Å². The Kier molecular flexibility index (Phi) is 8.73. The fourth-order valence-corrected chi connectivity index (χ4v) is 6.84. The Morgan fingerprint density at radius 2 is 1.70 bits per heavy atom. The molecule has 6 rings (SSSR count). The number of pyridine rings is 1. The number of carbonyl (C=O) groups excluding carboxylic acids is 2. The van der Waals surface area contributed by atoms with Crippen molar-refractivity contribution in [3.8, 4) is 28.3 Å². The highest BCUT2D eigenvalue weighted by atomic mass is 35.5. The minimum absolute atomic E-state index is 0.0872. The Morgan fingerprint density at radius 3 is 2.40 bits per heavy atom. The topological polar surface area (TPSA) is 119 Å². The first-order valence-electron chi connectivity index (χ1n) is 15.2. The van der Waals surface area contributed by atoms with Crippen LogP contribution in [0.25, 0.3) is 22.4 Å². The number of fused-ring (bicyclic) bond motifs is 1. The highest BCUT2D eigenvalue weighted by Gasteiger charge is 2.35. The molecule has 11 nitrogen and oxygen atoms in total. The van der Waals surface area contributed by atoms with Crippen LogP contribution in [-0.4, -0.2) is 69.0 Å². The number of aryl methyl sites for hydroxylation is 2. The van der Waals surface area contributed by atoms with Gasteiger partial charge in [-0.15, -0.1) is 0 Å². The zero-order chi connectivity index (χ0) is 33.6. The summed E-state index contributed by atoms with van der Waals surface area (Å²) < 4.78 is 23.7.